The van der Waals surface area contributed by atoms with E-state index in [4.69, 9.17) is 23.7 Å². The minimum atomic E-state index is -0.636. The molecule has 1 saturated carbocycles. The van der Waals surface area contributed by atoms with Crippen molar-refractivity contribution in [2.24, 2.45) is 17.8 Å². The van der Waals surface area contributed by atoms with Crippen LogP contribution >= 0.6 is 0 Å². The van der Waals surface area contributed by atoms with Gasteiger partial charge in [0, 0.05) is 6.08 Å². The molecule has 0 bridgehead atoms. The third-order valence-corrected chi connectivity index (χ3v) is 5.68. The molecule has 0 amide bonds. The summed E-state index contributed by atoms with van der Waals surface area (Å²) in [4.78, 5) is 24.3. The van der Waals surface area contributed by atoms with E-state index in [0.29, 0.717) is 40.6 Å². The third kappa shape index (κ3) is 6.91. The molecule has 172 valence electrons. The third-order valence-electron chi connectivity index (χ3n) is 5.68. The Bertz CT molecular complexity index is 759. The topological polar surface area (TPSA) is 80.3 Å². The molecular formula is C24H34O7. The Kier molecular flexibility index (Phi) is 9.21. The molecule has 0 N–H and O–H groups in total. The first-order chi connectivity index (χ1) is 14.8. The SMILES string of the molecule is COc1cc(/C=C/C(=O)OCC(=O)O[C@H]2C[C@H](C)CC[C@@H]2C(C)C)cc(OC)c1OC. The van der Waals surface area contributed by atoms with Gasteiger partial charge in [0.05, 0.1) is 21.3 Å². The second-order valence-electron chi connectivity index (χ2n) is 8.25. The number of benzene rings is 1. The van der Waals surface area contributed by atoms with Crippen molar-refractivity contribution in [2.45, 2.75) is 46.1 Å². The summed E-state index contributed by atoms with van der Waals surface area (Å²) in [5.41, 5.74) is 0.657. The van der Waals surface area contributed by atoms with Crippen molar-refractivity contribution >= 4 is 18.0 Å². The number of hydrogen-bond donors (Lipinski definition) is 0. The van der Waals surface area contributed by atoms with Crippen molar-refractivity contribution in [3.8, 4) is 17.2 Å². The molecule has 0 spiro atoms. The summed E-state index contributed by atoms with van der Waals surface area (Å²) in [6.45, 7) is 6.06. The van der Waals surface area contributed by atoms with Crippen LogP contribution in [-0.2, 0) is 19.1 Å². The van der Waals surface area contributed by atoms with Gasteiger partial charge in [-0.2, -0.15) is 0 Å². The molecule has 0 aliphatic heterocycles. The summed E-state index contributed by atoms with van der Waals surface area (Å²) in [6, 6.07) is 3.41. The molecular weight excluding hydrogens is 400 g/mol. The summed E-state index contributed by atoms with van der Waals surface area (Å²) in [6.07, 6.45) is 5.73. The van der Waals surface area contributed by atoms with Crippen LogP contribution in [0.25, 0.3) is 6.08 Å². The number of rotatable bonds is 9. The second-order valence-corrected chi connectivity index (χ2v) is 8.25. The van der Waals surface area contributed by atoms with Crippen LogP contribution < -0.4 is 14.2 Å². The van der Waals surface area contributed by atoms with Gasteiger partial charge in [-0.3, -0.25) is 0 Å². The fourth-order valence-corrected chi connectivity index (χ4v) is 3.99. The van der Waals surface area contributed by atoms with Gasteiger partial charge >= 0.3 is 11.9 Å². The van der Waals surface area contributed by atoms with Crippen molar-refractivity contribution in [3.05, 3.63) is 23.8 Å². The van der Waals surface area contributed by atoms with E-state index in [1.807, 2.05) is 0 Å². The van der Waals surface area contributed by atoms with Gasteiger partial charge in [0.15, 0.2) is 18.1 Å². The molecule has 0 radical (unpaired) electrons. The van der Waals surface area contributed by atoms with Crippen LogP contribution in [0.3, 0.4) is 0 Å². The zero-order valence-corrected chi connectivity index (χ0v) is 19.3. The lowest BCUT2D eigenvalue weighted by atomic mass is 9.75. The molecule has 1 aromatic carbocycles. The maximum absolute atomic E-state index is 12.2. The van der Waals surface area contributed by atoms with E-state index in [-0.39, 0.29) is 6.10 Å². The minimum absolute atomic E-state index is 0.121. The van der Waals surface area contributed by atoms with Crippen LogP contribution in [0, 0.1) is 17.8 Å². The highest BCUT2D eigenvalue weighted by atomic mass is 16.6. The normalized spacial score (nSPS) is 21.1. The van der Waals surface area contributed by atoms with Gasteiger partial charge in [0.25, 0.3) is 0 Å². The van der Waals surface area contributed by atoms with Crippen LogP contribution in [0.1, 0.15) is 45.6 Å². The fourth-order valence-electron chi connectivity index (χ4n) is 3.99. The largest absolute Gasteiger partial charge is 0.493 e. The summed E-state index contributed by atoms with van der Waals surface area (Å²) < 4.78 is 26.6. The van der Waals surface area contributed by atoms with Crippen LogP contribution in [0.4, 0.5) is 0 Å². The van der Waals surface area contributed by atoms with Gasteiger partial charge in [0.2, 0.25) is 5.75 Å². The van der Waals surface area contributed by atoms with Gasteiger partial charge in [-0.05, 0) is 54.4 Å². The Labute approximate surface area is 184 Å². The molecule has 1 aromatic rings. The average Bonchev–Trinajstić information content (AvgIpc) is 2.75. The first-order valence-corrected chi connectivity index (χ1v) is 10.6. The Morgan fingerprint density at radius 3 is 2.26 bits per heavy atom. The van der Waals surface area contributed by atoms with E-state index in [9.17, 15) is 9.59 Å². The molecule has 31 heavy (non-hydrogen) atoms. The first-order valence-electron chi connectivity index (χ1n) is 10.6. The number of methoxy groups -OCH3 is 3. The van der Waals surface area contributed by atoms with Crippen molar-refractivity contribution < 1.29 is 33.3 Å². The first kappa shape index (κ1) is 24.6. The number of carbonyl (C=O) groups is 2. The zero-order chi connectivity index (χ0) is 23.0. The van der Waals surface area contributed by atoms with Crippen molar-refractivity contribution in [2.75, 3.05) is 27.9 Å². The fraction of sp³-hybridized carbons (Fsp3) is 0.583. The van der Waals surface area contributed by atoms with E-state index in [1.165, 1.54) is 27.4 Å². The number of hydrogen-bond acceptors (Lipinski definition) is 7. The molecule has 3 atom stereocenters. The predicted octanol–water partition coefficient (Wildman–Crippen LogP) is 4.27. The number of carbonyl (C=O) groups excluding carboxylic acids is 2. The van der Waals surface area contributed by atoms with Crippen LogP contribution in [0.15, 0.2) is 18.2 Å². The number of esters is 2. The Hall–Kier alpha value is -2.70. The molecule has 7 nitrogen and oxygen atoms in total. The molecule has 0 saturated heterocycles. The van der Waals surface area contributed by atoms with E-state index in [1.54, 1.807) is 18.2 Å². The molecule has 7 heteroatoms. The second kappa shape index (κ2) is 11.6. The van der Waals surface area contributed by atoms with Crippen LogP contribution in [-0.4, -0.2) is 46.0 Å². The van der Waals surface area contributed by atoms with E-state index in [0.717, 1.165) is 19.3 Å². The molecule has 1 aliphatic carbocycles. The lowest BCUT2D eigenvalue weighted by Crippen LogP contribution is -2.36. The zero-order valence-electron chi connectivity index (χ0n) is 19.3. The van der Waals surface area contributed by atoms with Crippen LogP contribution in [0.2, 0.25) is 0 Å². The average molecular weight is 435 g/mol. The van der Waals surface area contributed by atoms with Gasteiger partial charge < -0.3 is 23.7 Å². The lowest BCUT2D eigenvalue weighted by Gasteiger charge is -2.36. The lowest BCUT2D eigenvalue weighted by molar-refractivity contribution is -0.165. The monoisotopic (exact) mass is 434 g/mol. The van der Waals surface area contributed by atoms with E-state index < -0.39 is 18.5 Å². The van der Waals surface area contributed by atoms with Crippen molar-refractivity contribution in [1.29, 1.82) is 0 Å². The standard InChI is InChI=1S/C24H34O7/c1-15(2)18-9-7-16(3)11-19(18)31-23(26)14-30-22(25)10-8-17-12-20(27-4)24(29-6)21(13-17)28-5/h8,10,12-13,15-16,18-19H,7,9,11,14H2,1-6H3/b10-8+/t16-,18-,19+/m1/s1. The predicted molar refractivity (Wildman–Crippen MR) is 117 cm³/mol. The molecule has 2 rings (SSSR count). The highest BCUT2D eigenvalue weighted by Crippen LogP contribution is 2.38. The summed E-state index contributed by atoms with van der Waals surface area (Å²) in [5, 5.41) is 0. The molecule has 0 heterocycles. The van der Waals surface area contributed by atoms with Gasteiger partial charge in [-0.15, -0.1) is 0 Å². The molecule has 0 aromatic heterocycles. The maximum Gasteiger partial charge on any atom is 0.344 e. The molecule has 0 unspecified atom stereocenters. The number of ether oxygens (including phenoxy) is 5. The Morgan fingerprint density at radius 1 is 1.06 bits per heavy atom. The highest BCUT2D eigenvalue weighted by Gasteiger charge is 2.33. The van der Waals surface area contributed by atoms with Gasteiger partial charge in [-0.1, -0.05) is 27.2 Å². The molecule has 1 fully saturated rings. The maximum atomic E-state index is 12.2. The van der Waals surface area contributed by atoms with Crippen LogP contribution in [0.5, 0.6) is 17.2 Å². The summed E-state index contributed by atoms with van der Waals surface area (Å²) in [7, 11) is 4.55. The summed E-state index contributed by atoms with van der Waals surface area (Å²) in [5.74, 6) is 1.56. The van der Waals surface area contributed by atoms with Crippen molar-refractivity contribution in [3.63, 3.8) is 0 Å². The molecule has 1 aliphatic rings. The van der Waals surface area contributed by atoms with Crippen molar-refractivity contribution in [1.82, 2.24) is 0 Å². The van der Waals surface area contributed by atoms with E-state index in [2.05, 4.69) is 20.8 Å². The van der Waals surface area contributed by atoms with Gasteiger partial charge in [-0.25, -0.2) is 9.59 Å². The Balaban J connectivity index is 1.92. The quantitative estimate of drug-likeness (QED) is 0.424. The summed E-state index contributed by atoms with van der Waals surface area (Å²) >= 11 is 0. The van der Waals surface area contributed by atoms with E-state index >= 15 is 0 Å². The minimum Gasteiger partial charge on any atom is -0.493 e. The highest BCUT2D eigenvalue weighted by molar-refractivity contribution is 5.88. The Morgan fingerprint density at radius 2 is 1.71 bits per heavy atom. The van der Waals surface area contributed by atoms with Gasteiger partial charge in [0.1, 0.15) is 6.10 Å². The smallest absolute Gasteiger partial charge is 0.344 e.